The molecule has 0 N–H and O–H groups in total. The highest BCUT2D eigenvalue weighted by atomic mass is 32.1. The van der Waals surface area contributed by atoms with Gasteiger partial charge >= 0.3 is 0 Å². The minimum atomic E-state index is -0.158. The van der Waals surface area contributed by atoms with Crippen LogP contribution < -0.4 is 4.74 Å². The molecule has 5 heteroatoms. The van der Waals surface area contributed by atoms with Crippen molar-refractivity contribution in [3.8, 4) is 5.75 Å². The molecular formula is C11H10N2O2S. The molecule has 1 aromatic carbocycles. The summed E-state index contributed by atoms with van der Waals surface area (Å²) in [6, 6.07) is 5.47. The molecule has 0 atom stereocenters. The van der Waals surface area contributed by atoms with E-state index in [4.69, 9.17) is 4.74 Å². The Hall–Kier alpha value is -1.75. The smallest absolute Gasteiger partial charge is 0.217 e. The van der Waals surface area contributed by atoms with E-state index in [1.807, 2.05) is 13.0 Å². The quantitative estimate of drug-likeness (QED) is 0.763. The van der Waals surface area contributed by atoms with E-state index in [-0.39, 0.29) is 5.78 Å². The molecule has 4 nitrogen and oxygen atoms in total. The molecule has 16 heavy (non-hydrogen) atoms. The minimum absolute atomic E-state index is 0.158. The largest absolute Gasteiger partial charge is 0.496 e. The van der Waals surface area contributed by atoms with Crippen LogP contribution in [0.25, 0.3) is 0 Å². The topological polar surface area (TPSA) is 52.1 Å². The third-order valence-corrected chi connectivity index (χ3v) is 2.70. The molecule has 0 saturated carbocycles. The third kappa shape index (κ3) is 1.94. The Morgan fingerprint density at radius 1 is 1.44 bits per heavy atom. The number of ketones is 1. The number of carbonyl (C=O) groups excluding carboxylic acids is 1. The number of methoxy groups -OCH3 is 1. The van der Waals surface area contributed by atoms with Gasteiger partial charge in [-0.1, -0.05) is 16.1 Å². The van der Waals surface area contributed by atoms with Crippen molar-refractivity contribution in [1.82, 2.24) is 9.59 Å². The Kier molecular flexibility index (Phi) is 2.96. The van der Waals surface area contributed by atoms with Crippen molar-refractivity contribution in [3.05, 3.63) is 40.4 Å². The van der Waals surface area contributed by atoms with Crippen molar-refractivity contribution in [2.45, 2.75) is 6.92 Å². The third-order valence-electron chi connectivity index (χ3n) is 2.19. The van der Waals surface area contributed by atoms with Crippen LogP contribution in [-0.2, 0) is 0 Å². The summed E-state index contributed by atoms with van der Waals surface area (Å²) in [5, 5.41) is 5.39. The Morgan fingerprint density at radius 3 is 2.88 bits per heavy atom. The average Bonchev–Trinajstić information content (AvgIpc) is 2.81. The summed E-state index contributed by atoms with van der Waals surface area (Å²) in [5.74, 6) is 0.401. The van der Waals surface area contributed by atoms with Gasteiger partial charge in [-0.2, -0.15) is 0 Å². The van der Waals surface area contributed by atoms with Gasteiger partial charge in [-0.15, -0.1) is 5.10 Å². The van der Waals surface area contributed by atoms with Crippen LogP contribution in [0.5, 0.6) is 5.75 Å². The molecule has 0 aliphatic heterocycles. The number of hydrogen-bond acceptors (Lipinski definition) is 5. The van der Waals surface area contributed by atoms with E-state index in [0.29, 0.717) is 17.0 Å². The van der Waals surface area contributed by atoms with Gasteiger partial charge in [-0.05, 0) is 30.6 Å². The van der Waals surface area contributed by atoms with Gasteiger partial charge in [0.15, 0.2) is 0 Å². The van der Waals surface area contributed by atoms with Crippen LogP contribution >= 0.6 is 11.5 Å². The molecule has 0 radical (unpaired) electrons. The van der Waals surface area contributed by atoms with Crippen LogP contribution in [0.2, 0.25) is 0 Å². The fraction of sp³-hybridized carbons (Fsp3) is 0.182. The molecule has 0 spiro atoms. The predicted molar refractivity (Wildman–Crippen MR) is 61.1 cm³/mol. The molecule has 1 heterocycles. The van der Waals surface area contributed by atoms with Crippen molar-refractivity contribution in [2.24, 2.45) is 0 Å². The summed E-state index contributed by atoms with van der Waals surface area (Å²) in [6.45, 7) is 1.93. The lowest BCUT2D eigenvalue weighted by molar-refractivity contribution is 0.103. The molecule has 0 saturated heterocycles. The second-order valence-electron chi connectivity index (χ2n) is 3.32. The number of nitrogens with zero attached hydrogens (tertiary/aromatic N) is 2. The Labute approximate surface area is 97.0 Å². The summed E-state index contributed by atoms with van der Waals surface area (Å²) in [4.78, 5) is 12.1. The van der Waals surface area contributed by atoms with E-state index < -0.39 is 0 Å². The first-order chi connectivity index (χ1) is 7.72. The van der Waals surface area contributed by atoms with Crippen LogP contribution in [0.15, 0.2) is 23.6 Å². The molecule has 0 fully saturated rings. The van der Waals surface area contributed by atoms with Gasteiger partial charge in [0.2, 0.25) is 5.78 Å². The molecular weight excluding hydrogens is 224 g/mol. The first-order valence-corrected chi connectivity index (χ1v) is 5.52. The van der Waals surface area contributed by atoms with Gasteiger partial charge < -0.3 is 4.74 Å². The van der Waals surface area contributed by atoms with E-state index in [1.165, 1.54) is 0 Å². The van der Waals surface area contributed by atoms with Gasteiger partial charge in [0.25, 0.3) is 0 Å². The second kappa shape index (κ2) is 4.40. The molecule has 1 aromatic heterocycles. The number of rotatable bonds is 3. The summed E-state index contributed by atoms with van der Waals surface area (Å²) in [6.07, 6.45) is 0. The van der Waals surface area contributed by atoms with Gasteiger partial charge in [0.05, 0.1) is 12.7 Å². The zero-order valence-corrected chi connectivity index (χ0v) is 9.75. The number of carbonyl (C=O) groups is 1. The fourth-order valence-electron chi connectivity index (χ4n) is 1.40. The molecule has 82 valence electrons. The summed E-state index contributed by atoms with van der Waals surface area (Å²) >= 11 is 1.16. The number of aromatic nitrogens is 2. The van der Waals surface area contributed by atoms with Gasteiger partial charge in [-0.25, -0.2) is 0 Å². The van der Waals surface area contributed by atoms with Crippen molar-refractivity contribution in [1.29, 1.82) is 0 Å². The number of benzene rings is 1. The Morgan fingerprint density at radius 2 is 2.25 bits per heavy atom. The zero-order valence-electron chi connectivity index (χ0n) is 8.93. The van der Waals surface area contributed by atoms with Crippen LogP contribution in [0.4, 0.5) is 0 Å². The lowest BCUT2D eigenvalue weighted by Crippen LogP contribution is -2.04. The van der Waals surface area contributed by atoms with E-state index >= 15 is 0 Å². The van der Waals surface area contributed by atoms with E-state index in [0.717, 1.165) is 17.1 Å². The zero-order chi connectivity index (χ0) is 11.5. The van der Waals surface area contributed by atoms with E-state index in [1.54, 1.807) is 24.6 Å². The molecule has 0 amide bonds. The van der Waals surface area contributed by atoms with Crippen molar-refractivity contribution < 1.29 is 9.53 Å². The molecule has 0 bridgehead atoms. The second-order valence-corrected chi connectivity index (χ2v) is 3.93. The maximum Gasteiger partial charge on any atom is 0.217 e. The number of aryl methyl sites for hydroxylation is 1. The molecule has 2 aromatic rings. The summed E-state index contributed by atoms with van der Waals surface area (Å²) < 4.78 is 8.83. The minimum Gasteiger partial charge on any atom is -0.496 e. The first kappa shape index (κ1) is 10.8. The SMILES string of the molecule is COc1ccc(C)cc1C(=O)c1csnn1. The highest BCUT2D eigenvalue weighted by Gasteiger charge is 2.16. The highest BCUT2D eigenvalue weighted by molar-refractivity contribution is 7.03. The molecule has 0 aliphatic carbocycles. The molecule has 2 rings (SSSR count). The Balaban J connectivity index is 2.47. The highest BCUT2D eigenvalue weighted by Crippen LogP contribution is 2.22. The van der Waals surface area contributed by atoms with Crippen molar-refractivity contribution in [3.63, 3.8) is 0 Å². The predicted octanol–water partition coefficient (Wildman–Crippen LogP) is 2.09. The summed E-state index contributed by atoms with van der Waals surface area (Å²) in [7, 11) is 1.54. The van der Waals surface area contributed by atoms with E-state index in [9.17, 15) is 4.79 Å². The van der Waals surface area contributed by atoms with Crippen molar-refractivity contribution >= 4 is 17.3 Å². The lowest BCUT2D eigenvalue weighted by atomic mass is 10.1. The number of ether oxygens (including phenoxy) is 1. The fourth-order valence-corrected chi connectivity index (χ4v) is 1.84. The van der Waals surface area contributed by atoms with Crippen LogP contribution in [0, 0.1) is 6.92 Å². The van der Waals surface area contributed by atoms with Crippen molar-refractivity contribution in [2.75, 3.05) is 7.11 Å². The average molecular weight is 234 g/mol. The van der Waals surface area contributed by atoms with Crippen LogP contribution in [0.1, 0.15) is 21.6 Å². The monoisotopic (exact) mass is 234 g/mol. The molecule has 0 unspecified atom stereocenters. The van der Waals surface area contributed by atoms with Crippen LogP contribution in [-0.4, -0.2) is 22.5 Å². The number of hydrogen-bond donors (Lipinski definition) is 0. The van der Waals surface area contributed by atoms with Gasteiger partial charge in [0.1, 0.15) is 11.4 Å². The normalized spacial score (nSPS) is 10.1. The Bertz CT molecular complexity index is 509. The maximum atomic E-state index is 12.1. The summed E-state index contributed by atoms with van der Waals surface area (Å²) in [5.41, 5.74) is 1.89. The van der Waals surface area contributed by atoms with E-state index in [2.05, 4.69) is 9.59 Å². The van der Waals surface area contributed by atoms with Crippen LogP contribution in [0.3, 0.4) is 0 Å². The first-order valence-electron chi connectivity index (χ1n) is 4.69. The van der Waals surface area contributed by atoms with Gasteiger partial charge in [0, 0.05) is 5.38 Å². The standard InChI is InChI=1S/C11H10N2O2S/c1-7-3-4-10(15-2)8(5-7)11(14)9-6-16-13-12-9/h3-6H,1-2H3. The maximum absolute atomic E-state index is 12.1. The van der Waals surface area contributed by atoms with Gasteiger partial charge in [-0.3, -0.25) is 4.79 Å². The lowest BCUT2D eigenvalue weighted by Gasteiger charge is -2.06. The molecule has 0 aliphatic rings.